The third-order valence-corrected chi connectivity index (χ3v) is 18.4. The molecule has 0 amide bonds. The molecule has 7 aromatic rings. The number of hydrogen-bond acceptors (Lipinski definition) is 9. The number of Topliss-reactive ketones (excluding diaryl/α,β-unsaturated/α-hetero) is 1. The summed E-state index contributed by atoms with van der Waals surface area (Å²) in [6.45, 7) is 9.65. The second-order valence-electron chi connectivity index (χ2n) is 14.5. The smallest absolute Gasteiger partial charge is 0.194 e. The average molecular weight is 781 g/mol. The second kappa shape index (κ2) is 11.4. The third kappa shape index (κ3) is 4.39. The van der Waals surface area contributed by atoms with Crippen LogP contribution in [0.1, 0.15) is 77.2 Å². The summed E-state index contributed by atoms with van der Waals surface area (Å²) in [6.07, 6.45) is 3.34. The molecule has 3 aliphatic carbocycles. The molecule has 52 heavy (non-hydrogen) atoms. The fourth-order valence-electron chi connectivity index (χ4n) is 8.28. The minimum absolute atomic E-state index is 0.0154. The van der Waals surface area contributed by atoms with Crippen molar-refractivity contribution in [3.63, 3.8) is 0 Å². The van der Waals surface area contributed by atoms with Crippen molar-refractivity contribution in [3.05, 3.63) is 122 Å². The molecule has 6 aromatic heterocycles. The van der Waals surface area contributed by atoms with Crippen LogP contribution >= 0.6 is 68.0 Å². The number of hydrogen-bond donors (Lipinski definition) is 0. The topological polar surface area (TPSA) is 64.7 Å². The van der Waals surface area contributed by atoms with Gasteiger partial charge in [0.25, 0.3) is 0 Å². The van der Waals surface area contributed by atoms with Crippen molar-refractivity contribution >= 4 is 88.8 Å². The Kier molecular flexibility index (Phi) is 7.12. The molecule has 0 fully saturated rings. The maximum absolute atomic E-state index is 13.3. The molecule has 1 aromatic carbocycles. The molecule has 0 spiro atoms. The van der Waals surface area contributed by atoms with Gasteiger partial charge in [-0.3, -0.25) is 4.79 Å². The summed E-state index contributed by atoms with van der Waals surface area (Å²) < 4.78 is 2.96. The minimum Gasteiger partial charge on any atom is -0.289 e. The Bertz CT molecular complexity index is 2820. The lowest BCUT2D eigenvalue weighted by Crippen LogP contribution is -2.15. The first kappa shape index (κ1) is 32.5. The first-order valence-corrected chi connectivity index (χ1v) is 22.0. The van der Waals surface area contributed by atoms with Crippen LogP contribution in [-0.4, -0.2) is 5.78 Å². The summed E-state index contributed by atoms with van der Waals surface area (Å²) in [6, 6.07) is 25.0. The third-order valence-electron chi connectivity index (χ3n) is 10.8. The standard InChI is InChI=1S/C43H28N2OS6/c1-42(2)26-17-30(28-13-8-16-47-28)49-36(26)38-33(42)40-41(51-38)34-39(52-40)37-27(43(34,3)4)18-31(50-37)29-15-14-22(48-29)9-7-12-25-32(21(19-44)20-45)23-10-5-6-11-24(23)35(25)46/h5-6,8,10-18H,7,9H2,1-4H3/b25-12-. The van der Waals surface area contributed by atoms with Crippen molar-refractivity contribution in [1.29, 1.82) is 10.5 Å². The van der Waals surface area contributed by atoms with Gasteiger partial charge in [0.2, 0.25) is 0 Å². The number of nitriles is 2. The molecular formula is C43H28N2OS6. The van der Waals surface area contributed by atoms with Crippen LogP contribution in [0.3, 0.4) is 0 Å². The van der Waals surface area contributed by atoms with Gasteiger partial charge in [-0.2, -0.15) is 10.5 Å². The summed E-state index contributed by atoms with van der Waals surface area (Å²) in [7, 11) is 0. The summed E-state index contributed by atoms with van der Waals surface area (Å²) in [5.74, 6) is -0.114. The van der Waals surface area contributed by atoms with Gasteiger partial charge in [-0.05, 0) is 76.4 Å². The summed E-state index contributed by atoms with van der Waals surface area (Å²) in [5.41, 5.74) is 8.00. The number of nitrogens with zero attached hydrogens (tertiary/aromatic N) is 2. The van der Waals surface area contributed by atoms with Crippen molar-refractivity contribution in [3.8, 4) is 51.2 Å². The number of carbonyl (C=O) groups is 1. The number of aryl methyl sites for hydroxylation is 1. The highest BCUT2D eigenvalue weighted by molar-refractivity contribution is 7.35. The van der Waals surface area contributed by atoms with Gasteiger partial charge >= 0.3 is 0 Å². The molecule has 0 saturated heterocycles. The van der Waals surface area contributed by atoms with E-state index in [0.29, 0.717) is 28.7 Å². The molecule has 0 N–H and O–H groups in total. The van der Waals surface area contributed by atoms with Gasteiger partial charge in [0.1, 0.15) is 17.7 Å². The highest BCUT2D eigenvalue weighted by Crippen LogP contribution is 2.66. The van der Waals surface area contributed by atoms with Crippen molar-refractivity contribution in [2.45, 2.75) is 51.4 Å². The monoisotopic (exact) mass is 780 g/mol. The highest BCUT2D eigenvalue weighted by Gasteiger charge is 2.46. The molecule has 0 bridgehead atoms. The quantitative estimate of drug-likeness (QED) is 0.129. The second-order valence-corrected chi connectivity index (χ2v) is 20.7. The Morgan fingerprint density at radius 2 is 1.31 bits per heavy atom. The van der Waals surface area contributed by atoms with Crippen LogP contribution in [0.25, 0.3) is 54.0 Å². The molecule has 10 rings (SSSR count). The van der Waals surface area contributed by atoms with E-state index >= 15 is 0 Å². The Morgan fingerprint density at radius 1 is 0.692 bits per heavy atom. The van der Waals surface area contributed by atoms with E-state index in [2.05, 4.69) is 69.5 Å². The maximum atomic E-state index is 13.3. The molecular weight excluding hydrogens is 753 g/mol. The van der Waals surface area contributed by atoms with E-state index in [0.717, 1.165) is 6.42 Å². The predicted octanol–water partition coefficient (Wildman–Crippen LogP) is 13.7. The van der Waals surface area contributed by atoms with Crippen LogP contribution in [0.4, 0.5) is 0 Å². The number of ketones is 1. The highest BCUT2D eigenvalue weighted by atomic mass is 32.1. The SMILES string of the molecule is CC1(C)c2cc(-c3cccs3)sc2-c2sc3c4c(sc3c21)-c1sc(-c2ccc(CC/C=C3\C(=O)c5ccccc5C3=C(C#N)C#N)s2)cc1C4(C)C. The normalized spacial score (nSPS) is 16.5. The van der Waals surface area contributed by atoms with Crippen LogP contribution in [-0.2, 0) is 17.3 Å². The van der Waals surface area contributed by atoms with Gasteiger partial charge in [0.05, 0.1) is 19.2 Å². The lowest BCUT2D eigenvalue weighted by Gasteiger charge is -2.20. The Morgan fingerprint density at radius 3 is 1.90 bits per heavy atom. The van der Waals surface area contributed by atoms with E-state index in [1.165, 1.54) is 75.5 Å². The van der Waals surface area contributed by atoms with Crippen LogP contribution in [0.15, 0.2) is 83.3 Å². The Hall–Kier alpha value is -4.19. The molecule has 9 heteroatoms. The van der Waals surface area contributed by atoms with E-state index in [-0.39, 0.29) is 22.2 Å². The maximum Gasteiger partial charge on any atom is 0.194 e. The lowest BCUT2D eigenvalue weighted by molar-refractivity contribution is 0.104. The molecule has 0 atom stereocenters. The molecule has 0 radical (unpaired) electrons. The number of thiophene rings is 6. The van der Waals surface area contributed by atoms with E-state index in [4.69, 9.17) is 0 Å². The number of carbonyl (C=O) groups excluding carboxylic acids is 1. The largest absolute Gasteiger partial charge is 0.289 e. The zero-order chi connectivity index (χ0) is 35.7. The number of rotatable bonds is 5. The lowest BCUT2D eigenvalue weighted by atomic mass is 9.82. The van der Waals surface area contributed by atoms with Gasteiger partial charge in [0.15, 0.2) is 5.78 Å². The van der Waals surface area contributed by atoms with Crippen LogP contribution in [0.5, 0.6) is 0 Å². The van der Waals surface area contributed by atoms with E-state index in [1.807, 2.05) is 104 Å². The minimum atomic E-state index is -0.114. The number of fused-ring (bicyclic) bond motifs is 10. The first-order chi connectivity index (χ1) is 25.1. The van der Waals surface area contributed by atoms with Gasteiger partial charge in [0, 0.05) is 61.7 Å². The zero-order valence-electron chi connectivity index (χ0n) is 28.6. The summed E-state index contributed by atoms with van der Waals surface area (Å²) >= 11 is 11.6. The number of benzene rings is 1. The van der Waals surface area contributed by atoms with Gasteiger partial charge in [-0.15, -0.1) is 68.0 Å². The molecule has 0 unspecified atom stereocenters. The van der Waals surface area contributed by atoms with Crippen LogP contribution < -0.4 is 0 Å². The molecule has 3 nitrogen and oxygen atoms in total. The van der Waals surface area contributed by atoms with E-state index < -0.39 is 0 Å². The predicted molar refractivity (Wildman–Crippen MR) is 223 cm³/mol. The van der Waals surface area contributed by atoms with Crippen molar-refractivity contribution in [2.24, 2.45) is 0 Å². The van der Waals surface area contributed by atoms with Gasteiger partial charge in [-0.25, -0.2) is 0 Å². The summed E-state index contributed by atoms with van der Waals surface area (Å²) in [5, 5.41) is 21.5. The van der Waals surface area contributed by atoms with Gasteiger partial charge in [-0.1, -0.05) is 64.1 Å². The molecule has 0 aliphatic heterocycles. The molecule has 6 heterocycles. The van der Waals surface area contributed by atoms with Crippen LogP contribution in [0, 0.1) is 22.7 Å². The molecule has 252 valence electrons. The Labute approximate surface area is 325 Å². The molecule has 3 aliphatic rings. The Balaban J connectivity index is 0.950. The molecule has 0 saturated carbocycles. The average Bonchev–Trinajstić information content (AvgIpc) is 3.96. The van der Waals surface area contributed by atoms with Gasteiger partial charge < -0.3 is 0 Å². The fourth-order valence-corrected chi connectivity index (χ4v) is 16.7. The summed E-state index contributed by atoms with van der Waals surface area (Å²) in [4.78, 5) is 25.7. The fraction of sp³-hybridized carbons (Fsp3) is 0.186. The zero-order valence-corrected chi connectivity index (χ0v) is 33.5. The van der Waals surface area contributed by atoms with Crippen molar-refractivity contribution in [1.82, 2.24) is 0 Å². The first-order valence-electron chi connectivity index (χ1n) is 17.0. The van der Waals surface area contributed by atoms with E-state index in [1.54, 1.807) is 6.07 Å². The van der Waals surface area contributed by atoms with Crippen LogP contribution in [0.2, 0.25) is 0 Å². The number of allylic oxidation sites excluding steroid dienone is 4. The van der Waals surface area contributed by atoms with E-state index in [9.17, 15) is 15.3 Å². The van der Waals surface area contributed by atoms with Crippen molar-refractivity contribution in [2.75, 3.05) is 0 Å². The van der Waals surface area contributed by atoms with Crippen molar-refractivity contribution < 1.29 is 4.79 Å².